The van der Waals surface area contributed by atoms with Crippen LogP contribution in [0.1, 0.15) is 80.8 Å². The zero-order valence-electron chi connectivity index (χ0n) is 22.6. The molecule has 0 aromatic heterocycles. The molecule has 4 bridgehead atoms. The van der Waals surface area contributed by atoms with Crippen molar-refractivity contribution in [3.63, 3.8) is 0 Å². The molecule has 4 fully saturated rings. The molecular weight excluding hydrogens is 482 g/mol. The summed E-state index contributed by atoms with van der Waals surface area (Å²) in [7, 11) is 0. The van der Waals surface area contributed by atoms with Crippen LogP contribution in [0.15, 0.2) is 48.5 Å². The number of anilines is 1. The second-order valence-corrected chi connectivity index (χ2v) is 12.0. The van der Waals surface area contributed by atoms with Crippen molar-refractivity contribution in [1.29, 1.82) is 0 Å². The molecule has 4 aliphatic rings. The number of esters is 2. The number of rotatable bonds is 7. The van der Waals surface area contributed by atoms with Gasteiger partial charge in [-0.05, 0) is 100 Å². The molecule has 4 saturated carbocycles. The van der Waals surface area contributed by atoms with E-state index in [4.69, 9.17) is 14.2 Å². The molecule has 5 unspecified atom stereocenters. The van der Waals surface area contributed by atoms with Gasteiger partial charge < -0.3 is 14.2 Å². The van der Waals surface area contributed by atoms with E-state index >= 15 is 0 Å². The molecule has 6 rings (SSSR count). The van der Waals surface area contributed by atoms with E-state index in [1.807, 2.05) is 42.5 Å². The van der Waals surface area contributed by atoms with Gasteiger partial charge in [-0.15, -0.1) is 0 Å². The third-order valence-corrected chi connectivity index (χ3v) is 8.33. The van der Waals surface area contributed by atoms with E-state index in [1.165, 1.54) is 0 Å². The monoisotopic (exact) mass is 519 g/mol. The number of benzene rings is 2. The SMILES string of the molecule is CCOC(=O)c1ccc(C2C3CC4CC2C(C(=O)OCc2ccccc2)(C4)C3)cc1NC(=O)OC(C)(C)C. The lowest BCUT2D eigenvalue weighted by Gasteiger charge is -2.32. The highest BCUT2D eigenvalue weighted by Crippen LogP contribution is 2.70. The molecule has 0 heterocycles. The lowest BCUT2D eigenvalue weighted by Crippen LogP contribution is -2.34. The third kappa shape index (κ3) is 5.03. The molecule has 2 aromatic carbocycles. The quantitative estimate of drug-likeness (QED) is 0.333. The van der Waals surface area contributed by atoms with Crippen LogP contribution in [-0.4, -0.2) is 30.2 Å². The van der Waals surface area contributed by atoms with Gasteiger partial charge in [0.1, 0.15) is 12.2 Å². The lowest BCUT2D eigenvalue weighted by atomic mass is 9.72. The Morgan fingerprint density at radius 1 is 1.00 bits per heavy atom. The zero-order valence-corrected chi connectivity index (χ0v) is 22.6. The minimum absolute atomic E-state index is 0.0868. The van der Waals surface area contributed by atoms with Gasteiger partial charge in [-0.1, -0.05) is 36.4 Å². The maximum Gasteiger partial charge on any atom is 0.412 e. The van der Waals surface area contributed by atoms with E-state index in [1.54, 1.807) is 33.8 Å². The van der Waals surface area contributed by atoms with Crippen LogP contribution in [0.5, 0.6) is 0 Å². The summed E-state index contributed by atoms with van der Waals surface area (Å²) in [4.78, 5) is 38.9. The molecule has 38 heavy (non-hydrogen) atoms. The van der Waals surface area contributed by atoms with Crippen molar-refractivity contribution >= 4 is 23.7 Å². The molecule has 4 aliphatic carbocycles. The zero-order chi connectivity index (χ0) is 27.1. The van der Waals surface area contributed by atoms with Crippen LogP contribution >= 0.6 is 0 Å². The van der Waals surface area contributed by atoms with E-state index in [-0.39, 0.29) is 36.6 Å². The molecule has 0 saturated heterocycles. The summed E-state index contributed by atoms with van der Waals surface area (Å²) in [6.45, 7) is 7.63. The average Bonchev–Trinajstić information content (AvgIpc) is 3.25. The second-order valence-electron chi connectivity index (χ2n) is 12.0. The Bertz CT molecular complexity index is 1220. The maximum absolute atomic E-state index is 13.6. The fourth-order valence-electron chi connectivity index (χ4n) is 7.18. The predicted molar refractivity (Wildman–Crippen MR) is 143 cm³/mol. The van der Waals surface area contributed by atoms with E-state index < -0.39 is 23.1 Å². The largest absolute Gasteiger partial charge is 0.462 e. The Kier molecular flexibility index (Phi) is 6.97. The summed E-state index contributed by atoms with van der Waals surface area (Å²) in [5, 5.41) is 2.77. The van der Waals surface area contributed by atoms with E-state index in [0.717, 1.165) is 36.8 Å². The Hall–Kier alpha value is -3.35. The Balaban J connectivity index is 1.41. The summed E-state index contributed by atoms with van der Waals surface area (Å²) in [6, 6.07) is 15.3. The Morgan fingerprint density at radius 2 is 1.76 bits per heavy atom. The smallest absolute Gasteiger partial charge is 0.412 e. The van der Waals surface area contributed by atoms with Gasteiger partial charge in [0.05, 0.1) is 23.3 Å². The van der Waals surface area contributed by atoms with Crippen molar-refractivity contribution in [2.75, 3.05) is 11.9 Å². The van der Waals surface area contributed by atoms with Crippen molar-refractivity contribution in [2.45, 2.75) is 71.5 Å². The summed E-state index contributed by atoms with van der Waals surface area (Å²) < 4.78 is 16.6. The molecule has 1 amide bonds. The molecule has 7 heteroatoms. The Morgan fingerprint density at radius 3 is 2.47 bits per heavy atom. The lowest BCUT2D eigenvalue weighted by molar-refractivity contribution is -0.159. The van der Waals surface area contributed by atoms with E-state index in [2.05, 4.69) is 5.32 Å². The first-order valence-corrected chi connectivity index (χ1v) is 13.6. The van der Waals surface area contributed by atoms with E-state index in [9.17, 15) is 14.4 Å². The van der Waals surface area contributed by atoms with Crippen molar-refractivity contribution in [3.8, 4) is 0 Å². The molecule has 0 radical (unpaired) electrons. The van der Waals surface area contributed by atoms with Crippen LogP contribution in [0, 0.1) is 23.2 Å². The highest BCUT2D eigenvalue weighted by Gasteiger charge is 2.66. The van der Waals surface area contributed by atoms with Gasteiger partial charge in [-0.3, -0.25) is 10.1 Å². The average molecular weight is 520 g/mol. The fourth-order valence-corrected chi connectivity index (χ4v) is 7.18. The number of hydrogen-bond donors (Lipinski definition) is 1. The summed E-state index contributed by atoms with van der Waals surface area (Å²) >= 11 is 0. The minimum atomic E-state index is -0.679. The standard InChI is InChI=1S/C31H37NO6/c1-5-36-27(33)23-12-11-21(15-25(23)32-29(35)38-30(2,3)4)26-22-13-20-14-24(26)31(16-20,17-22)28(34)37-18-19-9-7-6-8-10-19/h6-12,15,20,22,24,26H,5,13-14,16-18H2,1-4H3,(H,32,35). The molecule has 0 spiro atoms. The van der Waals surface area contributed by atoms with Crippen LogP contribution in [0.2, 0.25) is 0 Å². The first kappa shape index (κ1) is 26.3. The summed E-state index contributed by atoms with van der Waals surface area (Å²) in [5.41, 5.74) is 1.52. The van der Waals surface area contributed by atoms with Crippen LogP contribution in [0.4, 0.5) is 10.5 Å². The molecule has 0 aliphatic heterocycles. The van der Waals surface area contributed by atoms with Gasteiger partial charge in [-0.2, -0.15) is 0 Å². The van der Waals surface area contributed by atoms with Gasteiger partial charge >= 0.3 is 18.0 Å². The van der Waals surface area contributed by atoms with Gasteiger partial charge in [0, 0.05) is 0 Å². The first-order chi connectivity index (χ1) is 18.1. The summed E-state index contributed by atoms with van der Waals surface area (Å²) in [5.74, 6) is 0.652. The van der Waals surface area contributed by atoms with Crippen molar-refractivity contribution in [1.82, 2.24) is 0 Å². The van der Waals surface area contributed by atoms with Crippen LogP contribution in [0.25, 0.3) is 0 Å². The van der Waals surface area contributed by atoms with Crippen LogP contribution in [-0.2, 0) is 25.6 Å². The number of carbonyl (C=O) groups excluding carboxylic acids is 3. The molecule has 1 N–H and O–H groups in total. The van der Waals surface area contributed by atoms with Gasteiger partial charge in [0.15, 0.2) is 0 Å². The van der Waals surface area contributed by atoms with Crippen molar-refractivity contribution in [3.05, 3.63) is 65.2 Å². The number of nitrogens with one attached hydrogen (secondary N) is 1. The third-order valence-electron chi connectivity index (χ3n) is 8.33. The molecular formula is C31H37NO6. The second kappa shape index (κ2) is 10.1. The van der Waals surface area contributed by atoms with Gasteiger partial charge in [0.2, 0.25) is 0 Å². The summed E-state index contributed by atoms with van der Waals surface area (Å²) in [6.07, 6.45) is 3.15. The van der Waals surface area contributed by atoms with E-state index in [0.29, 0.717) is 17.5 Å². The predicted octanol–water partition coefficient (Wildman–Crippen LogP) is 6.47. The number of hydrogen-bond acceptors (Lipinski definition) is 6. The first-order valence-electron chi connectivity index (χ1n) is 13.6. The highest BCUT2D eigenvalue weighted by molar-refractivity contribution is 6.00. The van der Waals surface area contributed by atoms with Crippen LogP contribution in [0.3, 0.4) is 0 Å². The molecule has 5 atom stereocenters. The Labute approximate surface area is 224 Å². The fraction of sp³-hybridized carbons (Fsp3) is 0.516. The normalized spacial score (nSPS) is 27.2. The number of amides is 1. The molecule has 7 nitrogen and oxygen atoms in total. The minimum Gasteiger partial charge on any atom is -0.462 e. The van der Waals surface area contributed by atoms with Crippen molar-refractivity contribution < 1.29 is 28.6 Å². The maximum atomic E-state index is 13.6. The molecule has 202 valence electrons. The van der Waals surface area contributed by atoms with Gasteiger partial charge in [-0.25, -0.2) is 9.59 Å². The van der Waals surface area contributed by atoms with Crippen molar-refractivity contribution in [2.24, 2.45) is 23.2 Å². The number of carbonyl (C=O) groups is 3. The topological polar surface area (TPSA) is 90.9 Å². The van der Waals surface area contributed by atoms with Crippen LogP contribution < -0.4 is 5.32 Å². The highest BCUT2D eigenvalue weighted by atomic mass is 16.6. The van der Waals surface area contributed by atoms with Gasteiger partial charge in [0.25, 0.3) is 0 Å². The molecule has 2 aromatic rings. The number of ether oxygens (including phenoxy) is 3.